The van der Waals surface area contributed by atoms with Crippen LogP contribution >= 0.6 is 0 Å². The van der Waals surface area contributed by atoms with E-state index in [1.54, 1.807) is 6.92 Å². The Bertz CT molecular complexity index is 1050. The minimum Gasteiger partial charge on any atom is -0.507 e. The van der Waals surface area contributed by atoms with E-state index >= 15 is 0 Å². The molecule has 3 nitrogen and oxygen atoms in total. The van der Waals surface area contributed by atoms with Crippen LogP contribution in [0.2, 0.25) is 0 Å². The maximum Gasteiger partial charge on any atom is 0.338 e. The summed E-state index contributed by atoms with van der Waals surface area (Å²) in [5.41, 5.74) is 5.00. The predicted molar refractivity (Wildman–Crippen MR) is 113 cm³/mol. The highest BCUT2D eigenvalue weighted by molar-refractivity contribution is 6.00. The van der Waals surface area contributed by atoms with E-state index < -0.39 is 5.97 Å². The van der Waals surface area contributed by atoms with Crippen LogP contribution in [0.25, 0.3) is 10.8 Å². The van der Waals surface area contributed by atoms with Gasteiger partial charge in [-0.3, -0.25) is 0 Å². The second-order valence-electron chi connectivity index (χ2n) is 8.18. The van der Waals surface area contributed by atoms with Crippen LogP contribution in [-0.2, 0) is 4.79 Å². The number of phenols is 1. The number of fused-ring (bicyclic) bond motifs is 6. The largest absolute Gasteiger partial charge is 0.507 e. The minimum absolute atomic E-state index is 0.189. The Morgan fingerprint density at radius 1 is 1.21 bits per heavy atom. The third kappa shape index (κ3) is 2.95. The van der Waals surface area contributed by atoms with Crippen LogP contribution in [0.15, 0.2) is 59.7 Å². The zero-order valence-electron chi connectivity index (χ0n) is 16.7. The fourth-order valence-corrected chi connectivity index (χ4v) is 4.58. The van der Waals surface area contributed by atoms with E-state index in [4.69, 9.17) is 4.74 Å². The summed E-state index contributed by atoms with van der Waals surface area (Å²) in [5, 5.41) is 12.5. The number of carbonyl (C=O) groups is 1. The van der Waals surface area contributed by atoms with Gasteiger partial charge in [-0.2, -0.15) is 0 Å². The lowest BCUT2D eigenvalue weighted by Crippen LogP contribution is -2.12. The van der Waals surface area contributed by atoms with Crippen molar-refractivity contribution in [3.05, 3.63) is 70.8 Å². The lowest BCUT2D eigenvalue weighted by Gasteiger charge is -2.23. The van der Waals surface area contributed by atoms with Gasteiger partial charge in [-0.15, -0.1) is 0 Å². The smallest absolute Gasteiger partial charge is 0.338 e. The Labute approximate surface area is 166 Å². The molecular weight excluding hydrogens is 348 g/mol. The first kappa shape index (κ1) is 18.5. The molecule has 0 saturated heterocycles. The van der Waals surface area contributed by atoms with Gasteiger partial charge in [0.2, 0.25) is 0 Å². The third-order valence-electron chi connectivity index (χ3n) is 5.82. The summed E-state index contributed by atoms with van der Waals surface area (Å²) in [5.74, 6) is 0.892. The number of rotatable bonds is 5. The average Bonchev–Trinajstić information content (AvgIpc) is 3.23. The molecule has 2 bridgehead atoms. The van der Waals surface area contributed by atoms with Crippen LogP contribution in [0.4, 0.5) is 0 Å². The van der Waals surface area contributed by atoms with E-state index in [0.29, 0.717) is 17.1 Å². The summed E-state index contributed by atoms with van der Waals surface area (Å²) < 4.78 is 5.84. The van der Waals surface area contributed by atoms with Gasteiger partial charge >= 0.3 is 5.97 Å². The highest BCUT2D eigenvalue weighted by Crippen LogP contribution is 2.61. The number of benzene rings is 2. The van der Waals surface area contributed by atoms with E-state index in [1.165, 1.54) is 11.1 Å². The topological polar surface area (TPSA) is 46.5 Å². The van der Waals surface area contributed by atoms with E-state index in [9.17, 15) is 9.90 Å². The highest BCUT2D eigenvalue weighted by atomic mass is 16.5. The number of phenolic OH excluding ortho intramolecular Hbond substituents is 1. The Hall–Kier alpha value is -2.81. The van der Waals surface area contributed by atoms with E-state index in [-0.39, 0.29) is 11.8 Å². The second-order valence-corrected chi connectivity index (χ2v) is 8.18. The molecule has 0 aliphatic heterocycles. The molecule has 28 heavy (non-hydrogen) atoms. The summed E-state index contributed by atoms with van der Waals surface area (Å²) in [7, 11) is 0. The van der Waals surface area contributed by atoms with E-state index in [2.05, 4.69) is 32.6 Å². The van der Waals surface area contributed by atoms with Crippen molar-refractivity contribution in [3.63, 3.8) is 0 Å². The van der Waals surface area contributed by atoms with E-state index in [0.717, 1.165) is 41.2 Å². The first-order valence-corrected chi connectivity index (χ1v) is 9.87. The summed E-state index contributed by atoms with van der Waals surface area (Å²) in [6, 6.07) is 7.60. The Morgan fingerprint density at radius 2 is 1.93 bits per heavy atom. The molecule has 2 aliphatic rings. The maximum absolute atomic E-state index is 12.4. The van der Waals surface area contributed by atoms with Gasteiger partial charge in [0.1, 0.15) is 11.5 Å². The molecular formula is C25H26O3. The predicted octanol–water partition coefficient (Wildman–Crippen LogP) is 6.28. The van der Waals surface area contributed by atoms with Gasteiger partial charge in [0, 0.05) is 39.3 Å². The quantitative estimate of drug-likeness (QED) is 0.290. The van der Waals surface area contributed by atoms with Crippen molar-refractivity contribution in [1.82, 2.24) is 0 Å². The Balaban J connectivity index is 1.83. The van der Waals surface area contributed by atoms with Gasteiger partial charge < -0.3 is 9.84 Å². The molecule has 2 aromatic rings. The minimum atomic E-state index is -0.420. The van der Waals surface area contributed by atoms with Crippen molar-refractivity contribution in [2.75, 3.05) is 0 Å². The van der Waals surface area contributed by atoms with Crippen LogP contribution in [0.1, 0.15) is 63.0 Å². The SMILES string of the molecule is C=C(C)C(=O)Oc1c2c(c(O)c3ccccc13)C1C=C(CCC=C(C)C)C2C1. The van der Waals surface area contributed by atoms with Crippen molar-refractivity contribution < 1.29 is 14.6 Å². The molecule has 0 spiro atoms. The van der Waals surface area contributed by atoms with Crippen LogP contribution in [0, 0.1) is 0 Å². The Morgan fingerprint density at radius 3 is 2.61 bits per heavy atom. The number of allylic oxidation sites excluding steroid dienone is 4. The number of esters is 1. The number of aromatic hydroxyl groups is 1. The molecule has 0 amide bonds. The molecule has 1 N–H and O–H groups in total. The van der Waals surface area contributed by atoms with Gasteiger partial charge in [0.15, 0.2) is 0 Å². The highest BCUT2D eigenvalue weighted by Gasteiger charge is 2.43. The molecule has 0 heterocycles. The summed E-state index contributed by atoms with van der Waals surface area (Å²) in [4.78, 5) is 12.4. The molecule has 2 atom stereocenters. The number of hydrogen-bond donors (Lipinski definition) is 1. The molecule has 0 aromatic heterocycles. The summed E-state index contributed by atoms with van der Waals surface area (Å²) in [6.07, 6.45) is 7.51. The van der Waals surface area contributed by atoms with Gasteiger partial charge in [0.05, 0.1) is 0 Å². The maximum atomic E-state index is 12.4. The fraction of sp³-hybridized carbons (Fsp3) is 0.320. The monoisotopic (exact) mass is 374 g/mol. The summed E-state index contributed by atoms with van der Waals surface area (Å²) >= 11 is 0. The molecule has 3 heteroatoms. The lowest BCUT2D eigenvalue weighted by atomic mass is 9.85. The van der Waals surface area contributed by atoms with Crippen molar-refractivity contribution in [2.24, 2.45) is 0 Å². The molecule has 0 radical (unpaired) electrons. The summed E-state index contributed by atoms with van der Waals surface area (Å²) in [6.45, 7) is 9.61. The van der Waals surface area contributed by atoms with E-state index in [1.807, 2.05) is 24.3 Å². The molecule has 0 fully saturated rings. The zero-order chi connectivity index (χ0) is 20.0. The number of carbonyl (C=O) groups excluding carboxylic acids is 1. The molecule has 2 aliphatic carbocycles. The zero-order valence-corrected chi connectivity index (χ0v) is 16.7. The van der Waals surface area contributed by atoms with Crippen molar-refractivity contribution >= 4 is 16.7 Å². The number of hydrogen-bond acceptors (Lipinski definition) is 3. The van der Waals surface area contributed by atoms with Crippen molar-refractivity contribution in [2.45, 2.75) is 51.9 Å². The first-order chi connectivity index (χ1) is 13.4. The van der Waals surface area contributed by atoms with Gasteiger partial charge in [-0.05, 0) is 40.0 Å². The molecule has 2 unspecified atom stereocenters. The molecule has 2 aromatic carbocycles. The fourth-order valence-electron chi connectivity index (χ4n) is 4.58. The first-order valence-electron chi connectivity index (χ1n) is 9.87. The standard InChI is InChI=1S/C25H26O3/c1-14(2)8-7-9-16-12-17-13-20(16)22-21(17)23(26)18-10-5-6-11-19(18)24(22)28-25(27)15(3)4/h5-6,8,10-12,17,20,26H,3,7,9,13H2,1-2,4H3. The van der Waals surface area contributed by atoms with Crippen molar-refractivity contribution in [1.29, 1.82) is 0 Å². The van der Waals surface area contributed by atoms with Crippen LogP contribution in [0.3, 0.4) is 0 Å². The van der Waals surface area contributed by atoms with Crippen LogP contribution in [-0.4, -0.2) is 11.1 Å². The van der Waals surface area contributed by atoms with Crippen molar-refractivity contribution in [3.8, 4) is 11.5 Å². The van der Waals surface area contributed by atoms with Crippen LogP contribution < -0.4 is 4.74 Å². The third-order valence-corrected chi connectivity index (χ3v) is 5.82. The Kier molecular flexibility index (Phi) is 4.62. The normalized spacial score (nSPS) is 19.3. The molecule has 0 saturated carbocycles. The van der Waals surface area contributed by atoms with Gasteiger partial charge in [0.25, 0.3) is 0 Å². The lowest BCUT2D eigenvalue weighted by molar-refractivity contribution is -0.130. The second kappa shape index (κ2) is 6.97. The molecule has 144 valence electrons. The molecule has 4 rings (SSSR count). The number of ether oxygens (including phenoxy) is 1. The van der Waals surface area contributed by atoms with Gasteiger partial charge in [-0.25, -0.2) is 4.79 Å². The van der Waals surface area contributed by atoms with Crippen LogP contribution in [0.5, 0.6) is 11.5 Å². The average molecular weight is 374 g/mol. The van der Waals surface area contributed by atoms with Gasteiger partial charge in [-0.1, -0.05) is 54.1 Å².